The Bertz CT molecular complexity index is 464. The van der Waals surface area contributed by atoms with Crippen molar-refractivity contribution in [3.05, 3.63) is 27.7 Å². The van der Waals surface area contributed by atoms with Gasteiger partial charge < -0.3 is 10.1 Å². The molecule has 0 unspecified atom stereocenters. The van der Waals surface area contributed by atoms with E-state index < -0.39 is 12.6 Å². The van der Waals surface area contributed by atoms with Crippen molar-refractivity contribution in [2.45, 2.75) is 45.5 Å². The first-order valence-corrected chi connectivity index (χ1v) is 7.35. The highest BCUT2D eigenvalue weighted by Crippen LogP contribution is 2.33. The van der Waals surface area contributed by atoms with Crippen LogP contribution in [-0.4, -0.2) is 18.8 Å². The minimum atomic E-state index is -4.17. The molecule has 0 atom stereocenters. The zero-order valence-electron chi connectivity index (χ0n) is 11.9. The predicted octanol–water partition coefficient (Wildman–Crippen LogP) is 5.21. The number of rotatable bonds is 7. The van der Waals surface area contributed by atoms with E-state index in [1.807, 2.05) is 13.8 Å². The average molecular weight is 344 g/mol. The van der Waals surface area contributed by atoms with E-state index in [2.05, 4.69) is 5.32 Å². The Balaban J connectivity index is 2.70. The summed E-state index contributed by atoms with van der Waals surface area (Å²) >= 11 is 12.0. The minimum absolute atomic E-state index is 0.0461. The zero-order chi connectivity index (χ0) is 16.0. The highest BCUT2D eigenvalue weighted by molar-refractivity contribution is 6.35. The van der Waals surface area contributed by atoms with E-state index in [4.69, 9.17) is 27.9 Å². The van der Waals surface area contributed by atoms with Crippen molar-refractivity contribution in [2.24, 2.45) is 0 Å². The number of hydrogen-bond donors (Lipinski definition) is 1. The fraction of sp³-hybridized carbons (Fsp3) is 0.571. The molecule has 0 saturated heterocycles. The Labute approximate surface area is 132 Å². The summed E-state index contributed by atoms with van der Waals surface area (Å²) in [7, 11) is 0. The predicted molar refractivity (Wildman–Crippen MR) is 79.2 cm³/mol. The second-order valence-electron chi connectivity index (χ2n) is 4.98. The van der Waals surface area contributed by atoms with Gasteiger partial charge in [-0.25, -0.2) is 0 Å². The van der Waals surface area contributed by atoms with Gasteiger partial charge in [-0.3, -0.25) is 0 Å². The van der Waals surface area contributed by atoms with Crippen LogP contribution in [0.25, 0.3) is 0 Å². The molecule has 0 aliphatic rings. The van der Waals surface area contributed by atoms with E-state index in [9.17, 15) is 13.2 Å². The molecule has 1 aromatic rings. The Kier molecular flexibility index (Phi) is 7.10. The number of benzene rings is 1. The van der Waals surface area contributed by atoms with Gasteiger partial charge in [0.15, 0.2) is 0 Å². The number of hydrogen-bond acceptors (Lipinski definition) is 2. The van der Waals surface area contributed by atoms with Crippen LogP contribution in [0.2, 0.25) is 10.0 Å². The molecule has 0 heterocycles. The molecule has 0 bridgehead atoms. The van der Waals surface area contributed by atoms with Crippen LogP contribution in [0.5, 0.6) is 5.75 Å². The van der Waals surface area contributed by atoms with Crippen LogP contribution in [0.1, 0.15) is 32.3 Å². The second kappa shape index (κ2) is 8.11. The van der Waals surface area contributed by atoms with Gasteiger partial charge in [0.05, 0.1) is 11.6 Å². The molecule has 0 radical (unpaired) electrons. The van der Waals surface area contributed by atoms with Gasteiger partial charge in [-0.15, -0.1) is 0 Å². The molecule has 0 fully saturated rings. The number of ether oxygens (including phenoxy) is 1. The third-order valence-electron chi connectivity index (χ3n) is 2.64. The summed E-state index contributed by atoms with van der Waals surface area (Å²) < 4.78 is 41.7. The van der Waals surface area contributed by atoms with Gasteiger partial charge in [0.2, 0.25) is 0 Å². The molecule has 0 amide bonds. The summed E-state index contributed by atoms with van der Waals surface area (Å²) in [4.78, 5) is 0. The minimum Gasteiger partial charge on any atom is -0.492 e. The number of halogens is 5. The SMILES string of the molecule is CC(C)NCc1cc(Cl)cc(Cl)c1OCCCC(F)(F)F. The lowest BCUT2D eigenvalue weighted by Crippen LogP contribution is -2.22. The molecule has 0 aliphatic carbocycles. The largest absolute Gasteiger partial charge is 0.492 e. The van der Waals surface area contributed by atoms with Crippen molar-refractivity contribution < 1.29 is 17.9 Å². The molecular weight excluding hydrogens is 326 g/mol. The van der Waals surface area contributed by atoms with Gasteiger partial charge in [0.1, 0.15) is 5.75 Å². The Morgan fingerprint density at radius 3 is 2.48 bits per heavy atom. The molecule has 21 heavy (non-hydrogen) atoms. The fourth-order valence-corrected chi connectivity index (χ4v) is 2.26. The first kappa shape index (κ1) is 18.4. The Hall–Kier alpha value is -0.650. The lowest BCUT2D eigenvalue weighted by molar-refractivity contribution is -0.136. The summed E-state index contributed by atoms with van der Waals surface area (Å²) in [5, 5.41) is 3.96. The van der Waals surface area contributed by atoms with Gasteiger partial charge >= 0.3 is 6.18 Å². The summed E-state index contributed by atoms with van der Waals surface area (Å²) in [5.74, 6) is 0.386. The molecule has 1 rings (SSSR count). The van der Waals surface area contributed by atoms with E-state index >= 15 is 0 Å². The molecule has 0 saturated carbocycles. The van der Waals surface area contributed by atoms with Crippen molar-refractivity contribution in [3.63, 3.8) is 0 Å². The first-order chi connectivity index (χ1) is 9.69. The van der Waals surface area contributed by atoms with E-state index in [1.165, 1.54) is 6.07 Å². The van der Waals surface area contributed by atoms with Crippen molar-refractivity contribution >= 4 is 23.2 Å². The van der Waals surface area contributed by atoms with Crippen LogP contribution in [0.15, 0.2) is 12.1 Å². The smallest absolute Gasteiger partial charge is 0.389 e. The highest BCUT2D eigenvalue weighted by atomic mass is 35.5. The summed E-state index contributed by atoms with van der Waals surface area (Å²) in [6.45, 7) is 4.40. The van der Waals surface area contributed by atoms with Crippen molar-refractivity contribution in [2.75, 3.05) is 6.61 Å². The van der Waals surface area contributed by atoms with Gasteiger partial charge in [-0.1, -0.05) is 37.0 Å². The first-order valence-electron chi connectivity index (χ1n) is 6.60. The maximum absolute atomic E-state index is 12.1. The fourth-order valence-electron chi connectivity index (χ4n) is 1.67. The van der Waals surface area contributed by atoms with E-state index in [-0.39, 0.29) is 19.1 Å². The van der Waals surface area contributed by atoms with Crippen LogP contribution in [0.3, 0.4) is 0 Å². The third kappa shape index (κ3) is 7.25. The molecule has 0 aliphatic heterocycles. The second-order valence-corrected chi connectivity index (χ2v) is 5.82. The lowest BCUT2D eigenvalue weighted by Gasteiger charge is -2.16. The maximum Gasteiger partial charge on any atom is 0.389 e. The van der Waals surface area contributed by atoms with Gasteiger partial charge in [0.25, 0.3) is 0 Å². The van der Waals surface area contributed by atoms with E-state index in [0.717, 1.165) is 5.56 Å². The van der Waals surface area contributed by atoms with Crippen LogP contribution in [0.4, 0.5) is 13.2 Å². The molecule has 7 heteroatoms. The van der Waals surface area contributed by atoms with Crippen molar-refractivity contribution in [1.82, 2.24) is 5.32 Å². The Morgan fingerprint density at radius 1 is 1.24 bits per heavy atom. The molecule has 120 valence electrons. The third-order valence-corrected chi connectivity index (χ3v) is 3.14. The van der Waals surface area contributed by atoms with Crippen molar-refractivity contribution in [1.29, 1.82) is 0 Å². The molecule has 0 aromatic heterocycles. The van der Waals surface area contributed by atoms with Gasteiger partial charge in [0, 0.05) is 29.6 Å². The molecule has 2 nitrogen and oxygen atoms in total. The summed E-state index contributed by atoms with van der Waals surface area (Å²) in [6.07, 6.45) is -5.16. The molecular formula is C14H18Cl2F3NO. The Morgan fingerprint density at radius 2 is 1.90 bits per heavy atom. The van der Waals surface area contributed by atoms with Gasteiger partial charge in [-0.2, -0.15) is 13.2 Å². The number of nitrogens with one attached hydrogen (secondary N) is 1. The van der Waals surface area contributed by atoms with Crippen LogP contribution in [-0.2, 0) is 6.54 Å². The lowest BCUT2D eigenvalue weighted by atomic mass is 10.2. The number of alkyl halides is 3. The van der Waals surface area contributed by atoms with Crippen LogP contribution < -0.4 is 10.1 Å². The highest BCUT2D eigenvalue weighted by Gasteiger charge is 2.26. The average Bonchev–Trinajstić information content (AvgIpc) is 2.32. The van der Waals surface area contributed by atoms with Gasteiger partial charge in [-0.05, 0) is 18.6 Å². The summed E-state index contributed by atoms with van der Waals surface area (Å²) in [5.41, 5.74) is 0.730. The van der Waals surface area contributed by atoms with Crippen LogP contribution >= 0.6 is 23.2 Å². The monoisotopic (exact) mass is 343 g/mol. The molecule has 0 spiro atoms. The van der Waals surface area contributed by atoms with Crippen molar-refractivity contribution in [3.8, 4) is 5.75 Å². The quantitative estimate of drug-likeness (QED) is 0.686. The zero-order valence-corrected chi connectivity index (χ0v) is 13.4. The standard InChI is InChI=1S/C14H18Cl2F3NO/c1-9(2)20-8-10-6-11(15)7-12(16)13(10)21-5-3-4-14(17,18)19/h6-7,9,20H,3-5,8H2,1-2H3. The molecule has 1 N–H and O–H groups in total. The van der Waals surface area contributed by atoms with Crippen LogP contribution in [0, 0.1) is 0 Å². The molecule has 1 aromatic carbocycles. The summed E-state index contributed by atoms with van der Waals surface area (Å²) in [6, 6.07) is 3.46. The maximum atomic E-state index is 12.1. The van der Waals surface area contributed by atoms with E-state index in [1.54, 1.807) is 6.07 Å². The normalized spacial score (nSPS) is 12.0. The van der Waals surface area contributed by atoms with E-state index in [0.29, 0.717) is 22.3 Å². The topological polar surface area (TPSA) is 21.3 Å².